The maximum atomic E-state index is 11.9. The topological polar surface area (TPSA) is 68.2 Å². The lowest BCUT2D eigenvalue weighted by atomic mass is 10.2. The standard InChI is InChI=1S/C15H16Cl2N4O2/c1-9(2)8-23-15(22)21(3)12-5-4-10(6-18-12)13-11(16)7-19-14(17)20-13/h4-7,9H,8H2,1-3H3. The molecule has 0 N–H and O–H groups in total. The van der Waals surface area contributed by atoms with Crippen molar-refractivity contribution >= 4 is 35.1 Å². The lowest BCUT2D eigenvalue weighted by Crippen LogP contribution is -2.28. The van der Waals surface area contributed by atoms with Gasteiger partial charge in [0.1, 0.15) is 5.82 Å². The molecule has 2 aromatic heterocycles. The van der Waals surface area contributed by atoms with Crippen molar-refractivity contribution in [2.45, 2.75) is 13.8 Å². The van der Waals surface area contributed by atoms with Gasteiger partial charge in [-0.3, -0.25) is 4.90 Å². The molecule has 122 valence electrons. The van der Waals surface area contributed by atoms with Crippen LogP contribution in [0.5, 0.6) is 0 Å². The van der Waals surface area contributed by atoms with E-state index in [0.29, 0.717) is 28.7 Å². The predicted octanol–water partition coefficient (Wildman–Crippen LogP) is 4.07. The zero-order valence-corrected chi connectivity index (χ0v) is 14.5. The van der Waals surface area contributed by atoms with Crippen LogP contribution in [0.2, 0.25) is 10.3 Å². The zero-order valence-electron chi connectivity index (χ0n) is 13.0. The van der Waals surface area contributed by atoms with Gasteiger partial charge < -0.3 is 4.74 Å². The van der Waals surface area contributed by atoms with Crippen LogP contribution < -0.4 is 4.90 Å². The second kappa shape index (κ2) is 7.57. The molecule has 0 saturated carbocycles. The highest BCUT2D eigenvalue weighted by Crippen LogP contribution is 2.26. The Balaban J connectivity index is 2.16. The molecular weight excluding hydrogens is 339 g/mol. The van der Waals surface area contributed by atoms with Crippen LogP contribution in [-0.2, 0) is 4.74 Å². The Bertz CT molecular complexity index is 692. The smallest absolute Gasteiger partial charge is 0.415 e. The summed E-state index contributed by atoms with van der Waals surface area (Å²) < 4.78 is 5.16. The first kappa shape index (κ1) is 17.4. The molecule has 1 amide bonds. The molecule has 0 bridgehead atoms. The van der Waals surface area contributed by atoms with Crippen molar-refractivity contribution in [1.29, 1.82) is 0 Å². The Kier molecular flexibility index (Phi) is 5.74. The molecule has 0 fully saturated rings. The number of carbonyl (C=O) groups is 1. The molecule has 0 spiro atoms. The maximum absolute atomic E-state index is 11.9. The molecule has 0 atom stereocenters. The quantitative estimate of drug-likeness (QED) is 0.773. The van der Waals surface area contributed by atoms with Crippen molar-refractivity contribution in [3.05, 3.63) is 34.8 Å². The van der Waals surface area contributed by atoms with E-state index < -0.39 is 6.09 Å². The van der Waals surface area contributed by atoms with Crippen molar-refractivity contribution in [3.63, 3.8) is 0 Å². The number of pyridine rings is 1. The van der Waals surface area contributed by atoms with Crippen LogP contribution in [0.1, 0.15) is 13.8 Å². The molecule has 0 aliphatic rings. The second-order valence-corrected chi connectivity index (χ2v) is 6.02. The highest BCUT2D eigenvalue weighted by Gasteiger charge is 2.15. The van der Waals surface area contributed by atoms with E-state index in [1.54, 1.807) is 25.4 Å². The fraction of sp³-hybridized carbons (Fsp3) is 0.333. The summed E-state index contributed by atoms with van der Waals surface area (Å²) in [6.07, 6.45) is 2.53. The van der Waals surface area contributed by atoms with Crippen molar-refractivity contribution in [3.8, 4) is 11.3 Å². The molecule has 2 rings (SSSR count). The molecule has 0 unspecified atom stereocenters. The minimum absolute atomic E-state index is 0.0999. The molecule has 0 aliphatic carbocycles. The summed E-state index contributed by atoms with van der Waals surface area (Å²) >= 11 is 11.8. The van der Waals surface area contributed by atoms with E-state index in [-0.39, 0.29) is 11.2 Å². The number of anilines is 1. The average molecular weight is 355 g/mol. The Labute approximate surface area is 144 Å². The Morgan fingerprint density at radius 1 is 1.26 bits per heavy atom. The lowest BCUT2D eigenvalue weighted by Gasteiger charge is -2.17. The van der Waals surface area contributed by atoms with E-state index in [1.165, 1.54) is 11.1 Å². The number of carbonyl (C=O) groups excluding carboxylic acids is 1. The molecule has 0 radical (unpaired) electrons. The monoisotopic (exact) mass is 354 g/mol. The van der Waals surface area contributed by atoms with Gasteiger partial charge >= 0.3 is 6.09 Å². The van der Waals surface area contributed by atoms with Crippen LogP contribution in [0, 0.1) is 5.92 Å². The summed E-state index contributed by atoms with van der Waals surface area (Å²) in [5.74, 6) is 0.728. The fourth-order valence-corrected chi connectivity index (χ4v) is 2.03. The first-order valence-electron chi connectivity index (χ1n) is 6.93. The van der Waals surface area contributed by atoms with Gasteiger partial charge in [-0.25, -0.2) is 19.7 Å². The molecule has 0 aliphatic heterocycles. The third-order valence-electron chi connectivity index (χ3n) is 2.89. The second-order valence-electron chi connectivity index (χ2n) is 5.27. The van der Waals surface area contributed by atoms with Crippen LogP contribution in [0.4, 0.5) is 10.6 Å². The summed E-state index contributed by atoms with van der Waals surface area (Å²) in [5, 5.41) is 0.469. The van der Waals surface area contributed by atoms with Gasteiger partial charge in [-0.15, -0.1) is 0 Å². The molecule has 2 aromatic rings. The third-order valence-corrected chi connectivity index (χ3v) is 3.35. The van der Waals surface area contributed by atoms with E-state index in [2.05, 4.69) is 15.0 Å². The molecule has 8 heteroatoms. The van der Waals surface area contributed by atoms with Gasteiger partial charge in [-0.2, -0.15) is 0 Å². The molecule has 23 heavy (non-hydrogen) atoms. The van der Waals surface area contributed by atoms with Gasteiger partial charge in [0.15, 0.2) is 0 Å². The Morgan fingerprint density at radius 3 is 2.61 bits per heavy atom. The highest BCUT2D eigenvalue weighted by atomic mass is 35.5. The van der Waals surface area contributed by atoms with E-state index in [0.717, 1.165) is 0 Å². The summed E-state index contributed by atoms with van der Waals surface area (Å²) in [6.45, 7) is 4.30. The van der Waals surface area contributed by atoms with E-state index in [4.69, 9.17) is 27.9 Å². The number of amides is 1. The molecule has 2 heterocycles. The number of hydrogen-bond acceptors (Lipinski definition) is 5. The van der Waals surface area contributed by atoms with Crippen LogP contribution in [0.15, 0.2) is 24.5 Å². The molecular formula is C15H16Cl2N4O2. The van der Waals surface area contributed by atoms with Crippen molar-refractivity contribution in [1.82, 2.24) is 15.0 Å². The van der Waals surface area contributed by atoms with E-state index >= 15 is 0 Å². The first-order chi connectivity index (χ1) is 10.9. The minimum Gasteiger partial charge on any atom is -0.449 e. The van der Waals surface area contributed by atoms with E-state index in [9.17, 15) is 4.79 Å². The molecule has 6 nitrogen and oxygen atoms in total. The van der Waals surface area contributed by atoms with Crippen LogP contribution >= 0.6 is 23.2 Å². The Morgan fingerprint density at radius 2 is 2.00 bits per heavy atom. The number of nitrogens with zero attached hydrogens (tertiary/aromatic N) is 4. The Hall–Kier alpha value is -1.92. The average Bonchev–Trinajstić information content (AvgIpc) is 2.54. The summed E-state index contributed by atoms with van der Waals surface area (Å²) in [5.41, 5.74) is 1.16. The minimum atomic E-state index is -0.456. The number of halogens is 2. The van der Waals surface area contributed by atoms with Gasteiger partial charge in [-0.1, -0.05) is 25.4 Å². The van der Waals surface area contributed by atoms with Crippen LogP contribution in [0.25, 0.3) is 11.3 Å². The zero-order chi connectivity index (χ0) is 17.0. The van der Waals surface area contributed by atoms with Gasteiger partial charge in [-0.05, 0) is 29.7 Å². The van der Waals surface area contributed by atoms with Gasteiger partial charge in [0.2, 0.25) is 5.28 Å². The SMILES string of the molecule is CC(C)COC(=O)N(C)c1ccc(-c2nc(Cl)ncc2Cl)cn1. The van der Waals surface area contributed by atoms with Gasteiger partial charge in [0, 0.05) is 18.8 Å². The molecule has 0 aromatic carbocycles. The van der Waals surface area contributed by atoms with Crippen molar-refractivity contribution in [2.24, 2.45) is 5.92 Å². The van der Waals surface area contributed by atoms with Gasteiger partial charge in [0.25, 0.3) is 0 Å². The highest BCUT2D eigenvalue weighted by molar-refractivity contribution is 6.33. The number of aromatic nitrogens is 3. The summed E-state index contributed by atoms with van der Waals surface area (Å²) in [7, 11) is 1.60. The lowest BCUT2D eigenvalue weighted by molar-refractivity contribution is 0.141. The predicted molar refractivity (Wildman–Crippen MR) is 89.9 cm³/mol. The van der Waals surface area contributed by atoms with Crippen LogP contribution in [0.3, 0.4) is 0 Å². The summed E-state index contributed by atoms with van der Waals surface area (Å²) in [6, 6.07) is 3.43. The number of hydrogen-bond donors (Lipinski definition) is 0. The fourth-order valence-electron chi connectivity index (χ4n) is 1.70. The molecule has 0 saturated heterocycles. The normalized spacial score (nSPS) is 10.7. The first-order valence-corrected chi connectivity index (χ1v) is 7.69. The summed E-state index contributed by atoms with van der Waals surface area (Å²) in [4.78, 5) is 25.4. The number of rotatable bonds is 4. The van der Waals surface area contributed by atoms with Crippen LogP contribution in [-0.4, -0.2) is 34.7 Å². The number of ether oxygens (including phenoxy) is 1. The maximum Gasteiger partial charge on any atom is 0.415 e. The van der Waals surface area contributed by atoms with Crippen molar-refractivity contribution < 1.29 is 9.53 Å². The largest absolute Gasteiger partial charge is 0.449 e. The van der Waals surface area contributed by atoms with Gasteiger partial charge in [0.05, 0.1) is 23.5 Å². The van der Waals surface area contributed by atoms with E-state index in [1.807, 2.05) is 13.8 Å². The van der Waals surface area contributed by atoms with Crippen molar-refractivity contribution in [2.75, 3.05) is 18.6 Å². The third kappa shape index (κ3) is 4.53.